The molecule has 0 radical (unpaired) electrons. The number of rotatable bonds is 4. The standard InChI is InChI=1S/C20H19NO6S2/c22-17-7-3-6-16(11-17)21(19-12-28(24,25)13-20(19)23)29(26,27)18-9-8-14-4-1-2-5-15(14)10-18/h1-11,19-20,22-23H,12-13H2/t19-,20+/m1/s1. The first-order chi connectivity index (χ1) is 13.7. The molecule has 29 heavy (non-hydrogen) atoms. The van der Waals surface area contributed by atoms with Gasteiger partial charge in [-0.1, -0.05) is 36.4 Å². The Labute approximate surface area is 168 Å². The fourth-order valence-corrected chi connectivity index (χ4v) is 7.18. The summed E-state index contributed by atoms with van der Waals surface area (Å²) < 4.78 is 52.2. The van der Waals surface area contributed by atoms with Crippen LogP contribution in [0.2, 0.25) is 0 Å². The number of benzene rings is 3. The van der Waals surface area contributed by atoms with Crippen molar-refractivity contribution in [2.45, 2.75) is 17.0 Å². The molecule has 1 aliphatic heterocycles. The third-order valence-corrected chi connectivity index (χ3v) is 8.50. The number of phenols is 1. The third kappa shape index (κ3) is 3.68. The van der Waals surface area contributed by atoms with Crippen molar-refractivity contribution in [3.8, 4) is 5.75 Å². The quantitative estimate of drug-likeness (QED) is 0.650. The predicted octanol–water partition coefficient (Wildman–Crippen LogP) is 1.90. The van der Waals surface area contributed by atoms with E-state index in [4.69, 9.17) is 0 Å². The molecule has 0 unspecified atom stereocenters. The van der Waals surface area contributed by atoms with Crippen LogP contribution in [0.5, 0.6) is 5.75 Å². The van der Waals surface area contributed by atoms with Gasteiger partial charge in [0.1, 0.15) is 5.75 Å². The van der Waals surface area contributed by atoms with Crippen LogP contribution in [0.15, 0.2) is 71.6 Å². The van der Waals surface area contributed by atoms with Gasteiger partial charge < -0.3 is 10.2 Å². The summed E-state index contributed by atoms with van der Waals surface area (Å²) in [7, 11) is -7.83. The lowest BCUT2D eigenvalue weighted by atomic mass is 10.1. The fraction of sp³-hybridized carbons (Fsp3) is 0.200. The van der Waals surface area contributed by atoms with Gasteiger partial charge in [-0.05, 0) is 35.0 Å². The topological polar surface area (TPSA) is 112 Å². The van der Waals surface area contributed by atoms with Crippen LogP contribution in [0, 0.1) is 0 Å². The molecule has 1 saturated heterocycles. The minimum absolute atomic E-state index is 0.0314. The van der Waals surface area contributed by atoms with Crippen LogP contribution >= 0.6 is 0 Å². The highest BCUT2D eigenvalue weighted by Crippen LogP contribution is 2.33. The Kier molecular flexibility index (Phi) is 4.76. The number of aromatic hydroxyl groups is 1. The lowest BCUT2D eigenvalue weighted by Crippen LogP contribution is -2.47. The highest BCUT2D eigenvalue weighted by atomic mass is 32.2. The van der Waals surface area contributed by atoms with Crippen molar-refractivity contribution >= 4 is 36.3 Å². The summed E-state index contributed by atoms with van der Waals surface area (Å²) in [6.07, 6.45) is -1.38. The van der Waals surface area contributed by atoms with E-state index in [1.165, 1.54) is 36.4 Å². The molecule has 0 amide bonds. The number of hydrogen-bond acceptors (Lipinski definition) is 6. The zero-order valence-corrected chi connectivity index (χ0v) is 16.8. The molecule has 3 aromatic carbocycles. The van der Waals surface area contributed by atoms with E-state index in [-0.39, 0.29) is 16.3 Å². The molecule has 0 aliphatic carbocycles. The van der Waals surface area contributed by atoms with Crippen molar-refractivity contribution in [1.29, 1.82) is 0 Å². The molecule has 0 bridgehead atoms. The van der Waals surface area contributed by atoms with Gasteiger partial charge in [0.15, 0.2) is 9.84 Å². The molecular formula is C20H19NO6S2. The van der Waals surface area contributed by atoms with Crippen molar-refractivity contribution < 1.29 is 27.0 Å². The Morgan fingerprint density at radius 1 is 0.897 bits per heavy atom. The molecule has 1 fully saturated rings. The molecule has 4 rings (SSSR count). The van der Waals surface area contributed by atoms with Gasteiger partial charge in [0, 0.05) is 6.07 Å². The second-order valence-corrected chi connectivity index (χ2v) is 11.0. The Bertz CT molecular complexity index is 1290. The van der Waals surface area contributed by atoms with Crippen molar-refractivity contribution in [1.82, 2.24) is 0 Å². The average Bonchev–Trinajstić information content (AvgIpc) is 2.93. The summed E-state index contributed by atoms with van der Waals surface area (Å²) in [5.41, 5.74) is 0.0827. The van der Waals surface area contributed by atoms with Crippen LogP contribution in [-0.4, -0.2) is 50.7 Å². The molecule has 9 heteroatoms. The summed E-state index contributed by atoms with van der Waals surface area (Å²) in [5, 5.41) is 21.8. The van der Waals surface area contributed by atoms with Gasteiger partial charge in [0.25, 0.3) is 10.0 Å². The van der Waals surface area contributed by atoms with Gasteiger partial charge in [0.2, 0.25) is 0 Å². The summed E-state index contributed by atoms with van der Waals surface area (Å²) in [6, 6.07) is 16.2. The number of fused-ring (bicyclic) bond motifs is 1. The monoisotopic (exact) mass is 433 g/mol. The average molecular weight is 434 g/mol. The number of phenolic OH excluding ortho intramolecular Hbond substituents is 1. The van der Waals surface area contributed by atoms with E-state index in [1.54, 1.807) is 18.2 Å². The molecule has 152 valence electrons. The summed E-state index contributed by atoms with van der Waals surface area (Å²) >= 11 is 0. The summed E-state index contributed by atoms with van der Waals surface area (Å²) in [6.45, 7) is 0. The maximum atomic E-state index is 13.6. The van der Waals surface area contributed by atoms with E-state index in [0.717, 1.165) is 9.69 Å². The van der Waals surface area contributed by atoms with Crippen LogP contribution in [-0.2, 0) is 19.9 Å². The van der Waals surface area contributed by atoms with E-state index in [9.17, 15) is 27.0 Å². The Morgan fingerprint density at radius 2 is 1.62 bits per heavy atom. The second-order valence-electron chi connectivity index (χ2n) is 7.04. The lowest BCUT2D eigenvalue weighted by Gasteiger charge is -2.31. The van der Waals surface area contributed by atoms with Gasteiger partial charge in [-0.2, -0.15) is 0 Å². The molecule has 0 aromatic heterocycles. The first-order valence-corrected chi connectivity index (χ1v) is 12.1. The van der Waals surface area contributed by atoms with Crippen molar-refractivity contribution in [3.05, 3.63) is 66.7 Å². The number of sulfone groups is 1. The normalized spacial score (nSPS) is 21.3. The van der Waals surface area contributed by atoms with E-state index < -0.39 is 43.5 Å². The highest BCUT2D eigenvalue weighted by molar-refractivity contribution is 7.93. The number of aliphatic hydroxyl groups excluding tert-OH is 1. The number of aliphatic hydroxyl groups is 1. The molecule has 3 aromatic rings. The molecule has 2 N–H and O–H groups in total. The maximum Gasteiger partial charge on any atom is 0.264 e. The van der Waals surface area contributed by atoms with Crippen molar-refractivity contribution in [2.75, 3.05) is 15.8 Å². The Morgan fingerprint density at radius 3 is 2.28 bits per heavy atom. The lowest BCUT2D eigenvalue weighted by molar-refractivity contribution is 0.184. The Hall–Kier alpha value is -2.62. The van der Waals surface area contributed by atoms with Gasteiger partial charge in [0.05, 0.1) is 34.2 Å². The number of nitrogens with zero attached hydrogens (tertiary/aromatic N) is 1. The van der Waals surface area contributed by atoms with Gasteiger partial charge in [-0.3, -0.25) is 4.31 Å². The van der Waals surface area contributed by atoms with E-state index in [2.05, 4.69) is 0 Å². The first kappa shape index (κ1) is 19.7. The largest absolute Gasteiger partial charge is 0.508 e. The molecule has 2 atom stereocenters. The number of hydrogen-bond donors (Lipinski definition) is 2. The Balaban J connectivity index is 1.89. The minimum atomic E-state index is -4.23. The molecule has 1 aliphatic rings. The third-order valence-electron chi connectivity index (χ3n) is 4.96. The molecule has 0 saturated carbocycles. The summed E-state index contributed by atoms with van der Waals surface area (Å²) in [4.78, 5) is -0.0314. The SMILES string of the molecule is O=S1(=O)C[C@@H](N(c2cccc(O)c2)S(=O)(=O)c2ccc3ccccc3c2)[C@@H](O)C1. The molecule has 1 heterocycles. The first-order valence-electron chi connectivity index (χ1n) is 8.88. The molecular weight excluding hydrogens is 414 g/mol. The van der Waals surface area contributed by atoms with Crippen LogP contribution in [0.4, 0.5) is 5.69 Å². The molecule has 7 nitrogen and oxygen atoms in total. The van der Waals surface area contributed by atoms with E-state index in [0.29, 0.717) is 5.39 Å². The van der Waals surface area contributed by atoms with Gasteiger partial charge in [-0.25, -0.2) is 16.8 Å². The van der Waals surface area contributed by atoms with Crippen molar-refractivity contribution in [2.24, 2.45) is 0 Å². The smallest absolute Gasteiger partial charge is 0.264 e. The molecule has 0 spiro atoms. The van der Waals surface area contributed by atoms with E-state index in [1.807, 2.05) is 12.1 Å². The summed E-state index contributed by atoms with van der Waals surface area (Å²) in [5.74, 6) is -1.19. The van der Waals surface area contributed by atoms with Crippen LogP contribution in [0.1, 0.15) is 0 Å². The number of anilines is 1. The zero-order chi connectivity index (χ0) is 20.8. The van der Waals surface area contributed by atoms with Gasteiger partial charge in [-0.15, -0.1) is 0 Å². The van der Waals surface area contributed by atoms with Crippen LogP contribution < -0.4 is 4.31 Å². The van der Waals surface area contributed by atoms with Crippen molar-refractivity contribution in [3.63, 3.8) is 0 Å². The van der Waals surface area contributed by atoms with Crippen LogP contribution in [0.25, 0.3) is 10.8 Å². The van der Waals surface area contributed by atoms with Gasteiger partial charge >= 0.3 is 0 Å². The second kappa shape index (κ2) is 7.01. The zero-order valence-electron chi connectivity index (χ0n) is 15.2. The fourth-order valence-electron chi connectivity index (χ4n) is 3.61. The van der Waals surface area contributed by atoms with Crippen LogP contribution in [0.3, 0.4) is 0 Å². The minimum Gasteiger partial charge on any atom is -0.508 e. The highest BCUT2D eigenvalue weighted by Gasteiger charge is 2.45. The predicted molar refractivity (Wildman–Crippen MR) is 110 cm³/mol. The van der Waals surface area contributed by atoms with E-state index >= 15 is 0 Å². The number of sulfonamides is 1. The maximum absolute atomic E-state index is 13.6.